The van der Waals surface area contributed by atoms with E-state index in [0.717, 1.165) is 6.07 Å². The smallest absolute Gasteiger partial charge is 0.358 e. The SMILES string of the molecule is CCOC(=O)c1cc(C(=O)OCC)n(CCCn2nc(C(=O)O)cc2C(=O)OCC)n1. The lowest BCUT2D eigenvalue weighted by atomic mass is 10.3. The molecule has 2 aromatic heterocycles. The second-order valence-electron chi connectivity index (χ2n) is 6.10. The van der Waals surface area contributed by atoms with Gasteiger partial charge in [0, 0.05) is 25.2 Å². The third-order valence-electron chi connectivity index (χ3n) is 3.97. The number of carbonyl (C=O) groups is 4. The summed E-state index contributed by atoms with van der Waals surface area (Å²) < 4.78 is 17.4. The maximum absolute atomic E-state index is 12.2. The van der Waals surface area contributed by atoms with Crippen molar-refractivity contribution in [1.82, 2.24) is 19.6 Å². The molecule has 31 heavy (non-hydrogen) atoms. The third-order valence-corrected chi connectivity index (χ3v) is 3.97. The van der Waals surface area contributed by atoms with E-state index in [9.17, 15) is 19.2 Å². The molecule has 0 aliphatic heterocycles. The Hall–Kier alpha value is -3.70. The number of carbonyl (C=O) groups excluding carboxylic acids is 3. The number of nitrogens with zero attached hydrogens (tertiary/aromatic N) is 4. The van der Waals surface area contributed by atoms with Crippen LogP contribution in [0.3, 0.4) is 0 Å². The molecule has 0 aliphatic rings. The monoisotopic (exact) mass is 436 g/mol. The van der Waals surface area contributed by atoms with Crippen LogP contribution in [0.1, 0.15) is 69.1 Å². The van der Waals surface area contributed by atoms with Crippen LogP contribution in [0.15, 0.2) is 12.1 Å². The molecule has 0 radical (unpaired) electrons. The van der Waals surface area contributed by atoms with Crippen molar-refractivity contribution in [2.75, 3.05) is 19.8 Å². The highest BCUT2D eigenvalue weighted by Gasteiger charge is 2.22. The molecular weight excluding hydrogens is 412 g/mol. The van der Waals surface area contributed by atoms with Gasteiger partial charge in [-0.2, -0.15) is 10.2 Å². The second kappa shape index (κ2) is 10.9. The van der Waals surface area contributed by atoms with Gasteiger partial charge in [-0.1, -0.05) is 0 Å². The summed E-state index contributed by atoms with van der Waals surface area (Å²) in [6.07, 6.45) is 0.309. The van der Waals surface area contributed by atoms with Crippen LogP contribution in [0, 0.1) is 0 Å². The van der Waals surface area contributed by atoms with Crippen LogP contribution < -0.4 is 0 Å². The van der Waals surface area contributed by atoms with Gasteiger partial charge in [-0.25, -0.2) is 19.2 Å². The van der Waals surface area contributed by atoms with Gasteiger partial charge >= 0.3 is 23.9 Å². The van der Waals surface area contributed by atoms with Crippen molar-refractivity contribution in [3.8, 4) is 0 Å². The highest BCUT2D eigenvalue weighted by molar-refractivity contribution is 5.93. The van der Waals surface area contributed by atoms with Crippen molar-refractivity contribution in [2.45, 2.75) is 40.3 Å². The number of carboxylic acids is 1. The fourth-order valence-corrected chi connectivity index (χ4v) is 2.69. The van der Waals surface area contributed by atoms with E-state index in [4.69, 9.17) is 19.3 Å². The summed E-state index contributed by atoms with van der Waals surface area (Å²) in [6.45, 7) is 5.66. The number of hydrogen-bond donors (Lipinski definition) is 1. The molecule has 0 amide bonds. The van der Waals surface area contributed by atoms with E-state index < -0.39 is 23.9 Å². The molecule has 168 valence electrons. The summed E-state index contributed by atoms with van der Waals surface area (Å²) in [6, 6.07) is 2.42. The predicted molar refractivity (Wildman–Crippen MR) is 104 cm³/mol. The van der Waals surface area contributed by atoms with Crippen molar-refractivity contribution >= 4 is 23.9 Å². The fraction of sp³-hybridized carbons (Fsp3) is 0.474. The maximum atomic E-state index is 12.2. The Kier molecular flexibility index (Phi) is 8.29. The molecule has 1 N–H and O–H groups in total. The van der Waals surface area contributed by atoms with E-state index in [2.05, 4.69) is 10.2 Å². The van der Waals surface area contributed by atoms with Crippen LogP contribution in [0.5, 0.6) is 0 Å². The quantitative estimate of drug-likeness (QED) is 0.404. The van der Waals surface area contributed by atoms with Crippen LogP contribution in [-0.2, 0) is 27.3 Å². The first-order chi connectivity index (χ1) is 14.8. The van der Waals surface area contributed by atoms with Gasteiger partial charge in [0.25, 0.3) is 0 Å². The van der Waals surface area contributed by atoms with Gasteiger partial charge < -0.3 is 19.3 Å². The molecule has 0 fully saturated rings. The molecule has 2 aromatic rings. The number of aryl methyl sites for hydroxylation is 2. The van der Waals surface area contributed by atoms with E-state index in [1.54, 1.807) is 20.8 Å². The number of carboxylic acid groups (broad SMARTS) is 1. The Labute approximate surface area is 177 Å². The number of hydrogen-bond acceptors (Lipinski definition) is 9. The number of rotatable bonds is 11. The minimum absolute atomic E-state index is 0.00227. The lowest BCUT2D eigenvalue weighted by molar-refractivity contribution is 0.0503. The van der Waals surface area contributed by atoms with Crippen molar-refractivity contribution in [2.24, 2.45) is 0 Å². The molecule has 12 nitrogen and oxygen atoms in total. The van der Waals surface area contributed by atoms with E-state index in [1.165, 1.54) is 15.4 Å². The highest BCUT2D eigenvalue weighted by Crippen LogP contribution is 2.12. The molecule has 0 spiro atoms. The standard InChI is InChI=1S/C19H24N4O8/c1-4-29-17(26)13-11-15(19(28)31-6-3)23(21-13)9-7-8-22-14(18(27)30-5-2)10-12(20-22)16(24)25/h10-11H,4-9H2,1-3H3,(H,24,25). The van der Waals surface area contributed by atoms with Crippen LogP contribution in [0.25, 0.3) is 0 Å². The molecule has 0 aliphatic carbocycles. The lowest BCUT2D eigenvalue weighted by Gasteiger charge is -2.09. The highest BCUT2D eigenvalue weighted by atomic mass is 16.5. The first-order valence-corrected chi connectivity index (χ1v) is 9.72. The molecular formula is C19H24N4O8. The van der Waals surface area contributed by atoms with Crippen LogP contribution in [-0.4, -0.2) is 68.4 Å². The van der Waals surface area contributed by atoms with Gasteiger partial charge in [-0.05, 0) is 27.2 Å². The fourth-order valence-electron chi connectivity index (χ4n) is 2.69. The summed E-state index contributed by atoms with van der Waals surface area (Å²) in [5, 5.41) is 17.2. The van der Waals surface area contributed by atoms with E-state index in [1.807, 2.05) is 0 Å². The Balaban J connectivity index is 2.21. The first-order valence-electron chi connectivity index (χ1n) is 9.72. The van der Waals surface area contributed by atoms with Gasteiger partial charge in [0.1, 0.15) is 11.4 Å². The largest absolute Gasteiger partial charge is 0.476 e. The summed E-state index contributed by atoms with van der Waals surface area (Å²) >= 11 is 0. The predicted octanol–water partition coefficient (Wildman–Crippen LogP) is 1.40. The summed E-state index contributed by atoms with van der Waals surface area (Å²) in [5.74, 6) is -3.29. The molecule has 0 aromatic carbocycles. The van der Waals surface area contributed by atoms with E-state index in [-0.39, 0.29) is 55.7 Å². The molecule has 2 heterocycles. The van der Waals surface area contributed by atoms with Crippen molar-refractivity contribution < 1.29 is 38.5 Å². The average Bonchev–Trinajstić information content (AvgIpc) is 3.33. The molecule has 0 bridgehead atoms. The maximum Gasteiger partial charge on any atom is 0.358 e. The molecule has 0 saturated heterocycles. The lowest BCUT2D eigenvalue weighted by Crippen LogP contribution is -2.17. The van der Waals surface area contributed by atoms with Crippen LogP contribution in [0.2, 0.25) is 0 Å². The van der Waals surface area contributed by atoms with Crippen LogP contribution >= 0.6 is 0 Å². The Bertz CT molecular complexity index is 962. The molecule has 0 saturated carbocycles. The van der Waals surface area contributed by atoms with Crippen LogP contribution in [0.4, 0.5) is 0 Å². The van der Waals surface area contributed by atoms with Crippen molar-refractivity contribution in [1.29, 1.82) is 0 Å². The number of aromatic carboxylic acids is 1. The Morgan fingerprint density at radius 1 is 0.774 bits per heavy atom. The zero-order chi connectivity index (χ0) is 23.0. The van der Waals surface area contributed by atoms with Gasteiger partial charge in [0.2, 0.25) is 0 Å². The average molecular weight is 436 g/mol. The number of esters is 3. The van der Waals surface area contributed by atoms with E-state index in [0.29, 0.717) is 6.42 Å². The summed E-state index contributed by atoms with van der Waals surface area (Å²) in [5.41, 5.74) is -0.261. The van der Waals surface area contributed by atoms with E-state index >= 15 is 0 Å². The van der Waals surface area contributed by atoms with Gasteiger partial charge in [0.05, 0.1) is 19.8 Å². The first kappa shape index (κ1) is 23.6. The molecule has 0 unspecified atom stereocenters. The molecule has 2 rings (SSSR count). The normalized spacial score (nSPS) is 10.5. The van der Waals surface area contributed by atoms with Crippen molar-refractivity contribution in [3.05, 3.63) is 34.9 Å². The minimum Gasteiger partial charge on any atom is -0.476 e. The Morgan fingerprint density at radius 3 is 1.65 bits per heavy atom. The third kappa shape index (κ3) is 5.90. The topological polar surface area (TPSA) is 152 Å². The van der Waals surface area contributed by atoms with Crippen molar-refractivity contribution in [3.63, 3.8) is 0 Å². The zero-order valence-corrected chi connectivity index (χ0v) is 17.5. The zero-order valence-electron chi connectivity index (χ0n) is 17.5. The molecule has 12 heteroatoms. The molecule has 0 atom stereocenters. The minimum atomic E-state index is -1.28. The van der Waals surface area contributed by atoms with Gasteiger partial charge in [-0.15, -0.1) is 0 Å². The number of ether oxygens (including phenoxy) is 3. The second-order valence-corrected chi connectivity index (χ2v) is 6.10. The summed E-state index contributed by atoms with van der Waals surface area (Å²) in [4.78, 5) is 47.5. The number of aromatic nitrogens is 4. The van der Waals surface area contributed by atoms with Gasteiger partial charge in [0.15, 0.2) is 11.4 Å². The van der Waals surface area contributed by atoms with Gasteiger partial charge in [-0.3, -0.25) is 9.36 Å². The Morgan fingerprint density at radius 2 is 1.19 bits per heavy atom. The summed E-state index contributed by atoms with van der Waals surface area (Å²) in [7, 11) is 0.